The normalized spacial score (nSPS) is 18.0. The Balaban J connectivity index is 2.01. The Labute approximate surface area is 114 Å². The van der Waals surface area contributed by atoms with Crippen molar-refractivity contribution in [2.45, 2.75) is 6.92 Å². The molecule has 1 fully saturated rings. The van der Waals surface area contributed by atoms with E-state index in [9.17, 15) is 4.79 Å². The molecule has 1 heterocycles. The molecule has 0 saturated carbocycles. The smallest absolute Gasteiger partial charge is 0.170 e. The summed E-state index contributed by atoms with van der Waals surface area (Å²) in [5, 5.41) is 3.32. The molecule has 0 amide bonds. The lowest BCUT2D eigenvalue weighted by Crippen LogP contribution is -2.45. The fourth-order valence-corrected chi connectivity index (χ4v) is 2.48. The molecular formula is C15H22N2O2. The molecule has 1 atom stereocenters. The number of hydrogen-bond donors (Lipinski definition) is 1. The molecule has 104 valence electrons. The van der Waals surface area contributed by atoms with Gasteiger partial charge < -0.3 is 15.0 Å². The molecule has 0 spiro atoms. The van der Waals surface area contributed by atoms with Crippen LogP contribution >= 0.6 is 0 Å². The number of carbonyl (C=O) groups excluding carboxylic acids is 1. The third-order valence-electron chi connectivity index (χ3n) is 3.56. The minimum Gasteiger partial charge on any atom is -0.496 e. The Hall–Kier alpha value is -1.39. The van der Waals surface area contributed by atoms with Crippen molar-refractivity contribution in [2.75, 3.05) is 39.8 Å². The molecule has 2 rings (SSSR count). The van der Waals surface area contributed by atoms with Gasteiger partial charge in [-0.15, -0.1) is 0 Å². The quantitative estimate of drug-likeness (QED) is 0.815. The highest BCUT2D eigenvalue weighted by Crippen LogP contribution is 2.21. The fraction of sp³-hybridized carbons (Fsp3) is 0.533. The second-order valence-electron chi connectivity index (χ2n) is 5.02. The molecule has 0 aromatic heterocycles. The first-order valence-corrected chi connectivity index (χ1v) is 6.82. The molecule has 4 nitrogen and oxygen atoms in total. The lowest BCUT2D eigenvalue weighted by atomic mass is 9.98. The summed E-state index contributed by atoms with van der Waals surface area (Å²) in [4.78, 5) is 14.8. The molecule has 1 aliphatic rings. The van der Waals surface area contributed by atoms with Crippen LogP contribution in [0.2, 0.25) is 0 Å². The lowest BCUT2D eigenvalue weighted by molar-refractivity contribution is 0.0884. The van der Waals surface area contributed by atoms with Gasteiger partial charge in [0.25, 0.3) is 0 Å². The molecule has 1 aliphatic heterocycles. The van der Waals surface area contributed by atoms with Crippen LogP contribution in [0.15, 0.2) is 24.3 Å². The van der Waals surface area contributed by atoms with Crippen LogP contribution in [0.3, 0.4) is 0 Å². The highest BCUT2D eigenvalue weighted by molar-refractivity contribution is 6.00. The van der Waals surface area contributed by atoms with Gasteiger partial charge in [-0.3, -0.25) is 4.79 Å². The second kappa shape index (κ2) is 6.68. The van der Waals surface area contributed by atoms with E-state index in [1.807, 2.05) is 31.2 Å². The Morgan fingerprint density at radius 3 is 2.74 bits per heavy atom. The Morgan fingerprint density at radius 2 is 2.05 bits per heavy atom. The van der Waals surface area contributed by atoms with Crippen molar-refractivity contribution in [1.29, 1.82) is 0 Å². The van der Waals surface area contributed by atoms with Gasteiger partial charge in [-0.05, 0) is 12.1 Å². The van der Waals surface area contributed by atoms with Gasteiger partial charge in [0.05, 0.1) is 12.7 Å². The van der Waals surface area contributed by atoms with Crippen molar-refractivity contribution in [2.24, 2.45) is 5.92 Å². The number of piperazine rings is 1. The second-order valence-corrected chi connectivity index (χ2v) is 5.02. The van der Waals surface area contributed by atoms with E-state index < -0.39 is 0 Å². The number of nitrogens with zero attached hydrogens (tertiary/aromatic N) is 1. The molecule has 1 aromatic rings. The average Bonchev–Trinajstić information content (AvgIpc) is 2.47. The average molecular weight is 262 g/mol. The van der Waals surface area contributed by atoms with Gasteiger partial charge in [-0.2, -0.15) is 0 Å². The maximum absolute atomic E-state index is 12.5. The van der Waals surface area contributed by atoms with E-state index >= 15 is 0 Å². The number of nitrogens with one attached hydrogen (secondary N) is 1. The Morgan fingerprint density at radius 1 is 1.37 bits per heavy atom. The van der Waals surface area contributed by atoms with Crippen LogP contribution in [0.25, 0.3) is 0 Å². The SMILES string of the molecule is COc1ccccc1C(=O)C(C)CN1CCNCC1. The summed E-state index contributed by atoms with van der Waals surface area (Å²) >= 11 is 0. The minimum absolute atomic E-state index is 0.00519. The number of ether oxygens (including phenoxy) is 1. The van der Waals surface area contributed by atoms with E-state index in [1.54, 1.807) is 7.11 Å². The monoisotopic (exact) mass is 262 g/mol. The van der Waals surface area contributed by atoms with Gasteiger partial charge in [0.2, 0.25) is 0 Å². The molecule has 4 heteroatoms. The van der Waals surface area contributed by atoms with E-state index in [2.05, 4.69) is 10.2 Å². The lowest BCUT2D eigenvalue weighted by Gasteiger charge is -2.29. The number of hydrogen-bond acceptors (Lipinski definition) is 4. The van der Waals surface area contributed by atoms with Crippen LogP contribution in [-0.4, -0.2) is 50.5 Å². The first-order chi connectivity index (χ1) is 9.22. The third kappa shape index (κ3) is 3.55. The first kappa shape index (κ1) is 14.0. The number of carbonyl (C=O) groups is 1. The van der Waals surface area contributed by atoms with Gasteiger partial charge in [-0.1, -0.05) is 19.1 Å². The summed E-state index contributed by atoms with van der Waals surface area (Å²) < 4.78 is 5.26. The zero-order valence-corrected chi connectivity index (χ0v) is 11.7. The molecule has 19 heavy (non-hydrogen) atoms. The topological polar surface area (TPSA) is 41.6 Å². The molecular weight excluding hydrogens is 240 g/mol. The van der Waals surface area contributed by atoms with Gasteiger partial charge in [-0.25, -0.2) is 0 Å². The zero-order chi connectivity index (χ0) is 13.7. The van der Waals surface area contributed by atoms with Crippen LogP contribution in [0.5, 0.6) is 5.75 Å². The number of ketones is 1. The van der Waals surface area contributed by atoms with E-state index in [4.69, 9.17) is 4.74 Å². The maximum Gasteiger partial charge on any atom is 0.170 e. The summed E-state index contributed by atoms with van der Waals surface area (Å²) in [6.45, 7) is 6.87. The Bertz CT molecular complexity index is 428. The van der Waals surface area contributed by atoms with Crippen molar-refractivity contribution in [1.82, 2.24) is 10.2 Å². The van der Waals surface area contributed by atoms with E-state index in [1.165, 1.54) is 0 Å². The largest absolute Gasteiger partial charge is 0.496 e. The van der Waals surface area contributed by atoms with Crippen LogP contribution in [-0.2, 0) is 0 Å². The van der Waals surface area contributed by atoms with Gasteiger partial charge in [0, 0.05) is 38.6 Å². The van der Waals surface area contributed by atoms with Crippen molar-refractivity contribution in [3.8, 4) is 5.75 Å². The van der Waals surface area contributed by atoms with Crippen LogP contribution in [0, 0.1) is 5.92 Å². The predicted octanol–water partition coefficient (Wildman–Crippen LogP) is 1.42. The summed E-state index contributed by atoms with van der Waals surface area (Å²) in [6, 6.07) is 7.45. The Kier molecular flexibility index (Phi) is 4.93. The molecule has 1 unspecified atom stereocenters. The number of methoxy groups -OCH3 is 1. The van der Waals surface area contributed by atoms with Gasteiger partial charge >= 0.3 is 0 Å². The van der Waals surface area contributed by atoms with Crippen LogP contribution in [0.1, 0.15) is 17.3 Å². The summed E-state index contributed by atoms with van der Waals surface area (Å²) in [5.41, 5.74) is 0.688. The van der Waals surface area contributed by atoms with Crippen molar-refractivity contribution in [3.63, 3.8) is 0 Å². The predicted molar refractivity (Wildman–Crippen MR) is 75.8 cm³/mol. The number of Topliss-reactive ketones (excluding diaryl/α,β-unsaturated/α-hetero) is 1. The number of rotatable bonds is 5. The maximum atomic E-state index is 12.5. The van der Waals surface area contributed by atoms with Crippen molar-refractivity contribution < 1.29 is 9.53 Å². The summed E-state index contributed by atoms with van der Waals surface area (Å²) in [5.74, 6) is 0.824. The summed E-state index contributed by atoms with van der Waals surface area (Å²) in [7, 11) is 1.60. The zero-order valence-electron chi connectivity index (χ0n) is 11.7. The number of para-hydroxylation sites is 1. The van der Waals surface area contributed by atoms with Gasteiger partial charge in [0.15, 0.2) is 5.78 Å². The highest BCUT2D eigenvalue weighted by atomic mass is 16.5. The molecule has 1 saturated heterocycles. The molecule has 1 aromatic carbocycles. The van der Waals surface area contributed by atoms with E-state index in [0.29, 0.717) is 11.3 Å². The van der Waals surface area contributed by atoms with Crippen LogP contribution < -0.4 is 10.1 Å². The summed E-state index contributed by atoms with van der Waals surface area (Å²) in [6.07, 6.45) is 0. The standard InChI is InChI=1S/C15H22N2O2/c1-12(11-17-9-7-16-8-10-17)15(18)13-5-3-4-6-14(13)19-2/h3-6,12,16H,7-11H2,1-2H3. The fourth-order valence-electron chi connectivity index (χ4n) is 2.48. The third-order valence-corrected chi connectivity index (χ3v) is 3.56. The van der Waals surface area contributed by atoms with Gasteiger partial charge in [0.1, 0.15) is 5.75 Å². The van der Waals surface area contributed by atoms with Crippen molar-refractivity contribution in [3.05, 3.63) is 29.8 Å². The number of benzene rings is 1. The first-order valence-electron chi connectivity index (χ1n) is 6.82. The van der Waals surface area contributed by atoms with E-state index in [-0.39, 0.29) is 11.7 Å². The van der Waals surface area contributed by atoms with Crippen LogP contribution in [0.4, 0.5) is 0 Å². The molecule has 0 aliphatic carbocycles. The molecule has 0 bridgehead atoms. The van der Waals surface area contributed by atoms with E-state index in [0.717, 1.165) is 32.7 Å². The van der Waals surface area contributed by atoms with Crippen molar-refractivity contribution >= 4 is 5.78 Å². The highest BCUT2D eigenvalue weighted by Gasteiger charge is 2.21. The minimum atomic E-state index is -0.00519. The molecule has 1 N–H and O–H groups in total. The molecule has 0 radical (unpaired) electrons.